The molecule has 0 radical (unpaired) electrons. The summed E-state index contributed by atoms with van der Waals surface area (Å²) in [6.45, 7) is 2.62. The highest BCUT2D eigenvalue weighted by Crippen LogP contribution is 2.44. The third-order valence-corrected chi connectivity index (χ3v) is 7.18. The third-order valence-electron chi connectivity index (χ3n) is 7.18. The van der Waals surface area contributed by atoms with Gasteiger partial charge in [-0.2, -0.15) is 0 Å². The van der Waals surface area contributed by atoms with Crippen LogP contribution >= 0.6 is 0 Å². The number of aliphatic carboxylic acids is 1. The van der Waals surface area contributed by atoms with E-state index in [9.17, 15) is 19.5 Å². The van der Waals surface area contributed by atoms with Crippen LogP contribution in [0.5, 0.6) is 0 Å². The summed E-state index contributed by atoms with van der Waals surface area (Å²) in [5.74, 6) is -1.65. The van der Waals surface area contributed by atoms with E-state index in [1.807, 2.05) is 24.3 Å². The second kappa shape index (κ2) is 10.9. The van der Waals surface area contributed by atoms with Crippen LogP contribution in [0.15, 0.2) is 48.5 Å². The average molecular weight is 481 g/mol. The van der Waals surface area contributed by atoms with E-state index in [1.54, 1.807) is 11.8 Å². The Kier molecular flexibility index (Phi) is 7.70. The summed E-state index contributed by atoms with van der Waals surface area (Å²) in [6.07, 6.45) is 0.163. The zero-order valence-electron chi connectivity index (χ0n) is 20.1. The van der Waals surface area contributed by atoms with E-state index in [0.29, 0.717) is 19.4 Å². The maximum atomic E-state index is 12.8. The number of carbonyl (C=O) groups is 3. The van der Waals surface area contributed by atoms with Crippen LogP contribution < -0.4 is 5.32 Å². The van der Waals surface area contributed by atoms with Gasteiger partial charge in [0.15, 0.2) is 0 Å². The number of alkyl carbamates (subject to hydrolysis) is 1. The Bertz CT molecular complexity index is 1040. The molecular weight excluding hydrogens is 448 g/mol. The van der Waals surface area contributed by atoms with Crippen molar-refractivity contribution >= 4 is 18.0 Å². The lowest BCUT2D eigenvalue weighted by molar-refractivity contribution is -0.149. The molecule has 0 spiro atoms. The summed E-state index contributed by atoms with van der Waals surface area (Å²) in [6, 6.07) is 15.9. The van der Waals surface area contributed by atoms with Crippen LogP contribution in [-0.4, -0.2) is 66.9 Å². The molecule has 1 fully saturated rings. The Morgan fingerprint density at radius 3 is 2.31 bits per heavy atom. The number of benzene rings is 2. The summed E-state index contributed by atoms with van der Waals surface area (Å²) in [4.78, 5) is 38.4. The molecule has 2 amide bonds. The number of amides is 2. The van der Waals surface area contributed by atoms with Crippen molar-refractivity contribution < 1.29 is 29.0 Å². The smallest absolute Gasteiger partial charge is 0.407 e. The fourth-order valence-electron chi connectivity index (χ4n) is 5.22. The van der Waals surface area contributed by atoms with Gasteiger partial charge in [0.2, 0.25) is 5.91 Å². The highest BCUT2D eigenvalue weighted by Gasteiger charge is 2.36. The van der Waals surface area contributed by atoms with Gasteiger partial charge in [-0.25, -0.2) is 4.79 Å². The summed E-state index contributed by atoms with van der Waals surface area (Å²) in [7, 11) is 1.48. The molecule has 8 heteroatoms. The van der Waals surface area contributed by atoms with E-state index in [2.05, 4.69) is 29.6 Å². The van der Waals surface area contributed by atoms with Crippen molar-refractivity contribution in [1.82, 2.24) is 10.2 Å². The quantitative estimate of drug-likeness (QED) is 0.598. The molecule has 2 aromatic carbocycles. The van der Waals surface area contributed by atoms with Gasteiger partial charge >= 0.3 is 12.1 Å². The zero-order chi connectivity index (χ0) is 24.9. The second-order valence-electron chi connectivity index (χ2n) is 9.18. The average Bonchev–Trinajstić information content (AvgIpc) is 3.18. The Balaban J connectivity index is 1.29. The van der Waals surface area contributed by atoms with Crippen molar-refractivity contribution in [2.24, 2.45) is 5.92 Å². The SMILES string of the molecule is COC(CNC(=O)OCC1c2ccccc2-c2ccccc21)CC(=O)N1CCC[C@@H](C(=O)O)[C@H]1C. The minimum atomic E-state index is -0.879. The number of carboxylic acids is 1. The van der Waals surface area contributed by atoms with Crippen molar-refractivity contribution in [3.63, 3.8) is 0 Å². The minimum Gasteiger partial charge on any atom is -0.481 e. The van der Waals surface area contributed by atoms with Gasteiger partial charge in [0.05, 0.1) is 18.4 Å². The molecule has 1 aliphatic carbocycles. The first-order chi connectivity index (χ1) is 16.9. The maximum absolute atomic E-state index is 12.8. The van der Waals surface area contributed by atoms with Crippen LogP contribution in [0.3, 0.4) is 0 Å². The van der Waals surface area contributed by atoms with Gasteiger partial charge in [-0.1, -0.05) is 48.5 Å². The van der Waals surface area contributed by atoms with Gasteiger partial charge in [0.25, 0.3) is 0 Å². The van der Waals surface area contributed by atoms with Crippen molar-refractivity contribution in [1.29, 1.82) is 0 Å². The lowest BCUT2D eigenvalue weighted by Crippen LogP contribution is -2.50. The zero-order valence-corrected chi connectivity index (χ0v) is 20.1. The number of methoxy groups -OCH3 is 1. The van der Waals surface area contributed by atoms with Gasteiger partial charge in [-0.05, 0) is 42.0 Å². The van der Waals surface area contributed by atoms with Crippen LogP contribution in [0.2, 0.25) is 0 Å². The highest BCUT2D eigenvalue weighted by atomic mass is 16.5. The van der Waals surface area contributed by atoms with E-state index in [4.69, 9.17) is 9.47 Å². The number of piperidine rings is 1. The van der Waals surface area contributed by atoms with Crippen molar-refractivity contribution in [2.75, 3.05) is 26.8 Å². The van der Waals surface area contributed by atoms with Crippen LogP contribution in [0.4, 0.5) is 4.79 Å². The van der Waals surface area contributed by atoms with E-state index in [-0.39, 0.29) is 37.4 Å². The summed E-state index contributed by atoms with van der Waals surface area (Å²) >= 11 is 0. The number of hydrogen-bond donors (Lipinski definition) is 2. The summed E-state index contributed by atoms with van der Waals surface area (Å²) in [5.41, 5.74) is 4.59. The predicted molar refractivity (Wildman–Crippen MR) is 130 cm³/mol. The first kappa shape index (κ1) is 24.7. The standard InChI is InChI=1S/C27H32N2O6/c1-17-19(26(31)32)12-7-13-29(17)25(30)14-18(34-2)15-28-27(33)35-16-24-22-10-5-3-8-20(22)21-9-4-6-11-23(21)24/h3-6,8-11,17-19,24H,7,12-16H2,1-2H3,(H,28,33)(H,31,32)/t17-,18?,19-/m1/s1. The van der Waals surface area contributed by atoms with Gasteiger partial charge in [-0.15, -0.1) is 0 Å². The Labute approximate surface area is 205 Å². The Morgan fingerprint density at radius 1 is 1.09 bits per heavy atom. The second-order valence-corrected chi connectivity index (χ2v) is 9.18. The number of hydrogen-bond acceptors (Lipinski definition) is 5. The van der Waals surface area contributed by atoms with E-state index in [0.717, 1.165) is 22.3 Å². The number of carbonyl (C=O) groups excluding carboxylic acids is 2. The molecule has 1 aliphatic heterocycles. The molecule has 0 aromatic heterocycles. The Morgan fingerprint density at radius 2 is 1.71 bits per heavy atom. The molecule has 2 N–H and O–H groups in total. The molecule has 2 aliphatic rings. The molecule has 0 saturated carbocycles. The fraction of sp³-hybridized carbons (Fsp3) is 0.444. The molecule has 3 atom stereocenters. The molecule has 2 aromatic rings. The Hall–Kier alpha value is -3.39. The van der Waals surface area contributed by atoms with E-state index in [1.165, 1.54) is 7.11 Å². The predicted octanol–water partition coefficient (Wildman–Crippen LogP) is 3.64. The molecule has 186 valence electrons. The van der Waals surface area contributed by atoms with Gasteiger partial charge in [0.1, 0.15) is 6.61 Å². The van der Waals surface area contributed by atoms with E-state index < -0.39 is 24.1 Å². The van der Waals surface area contributed by atoms with Crippen LogP contribution in [-0.2, 0) is 19.1 Å². The molecule has 1 saturated heterocycles. The monoisotopic (exact) mass is 480 g/mol. The number of nitrogens with zero attached hydrogens (tertiary/aromatic N) is 1. The first-order valence-electron chi connectivity index (χ1n) is 12.0. The summed E-state index contributed by atoms with van der Waals surface area (Å²) < 4.78 is 11.0. The maximum Gasteiger partial charge on any atom is 0.407 e. The number of likely N-dealkylation sites (tertiary alicyclic amines) is 1. The third kappa shape index (κ3) is 5.32. The number of rotatable bonds is 8. The molecule has 1 unspecified atom stereocenters. The molecule has 35 heavy (non-hydrogen) atoms. The van der Waals surface area contributed by atoms with Crippen molar-refractivity contribution in [3.05, 3.63) is 59.7 Å². The largest absolute Gasteiger partial charge is 0.481 e. The molecule has 8 nitrogen and oxygen atoms in total. The van der Waals surface area contributed by atoms with Crippen molar-refractivity contribution in [3.8, 4) is 11.1 Å². The van der Waals surface area contributed by atoms with Gasteiger partial charge in [-0.3, -0.25) is 9.59 Å². The first-order valence-corrected chi connectivity index (χ1v) is 12.0. The number of carboxylic acid groups (broad SMARTS) is 1. The van der Waals surface area contributed by atoms with Gasteiger partial charge < -0.3 is 24.8 Å². The summed E-state index contributed by atoms with van der Waals surface area (Å²) in [5, 5.41) is 12.1. The number of ether oxygens (including phenoxy) is 2. The lowest BCUT2D eigenvalue weighted by Gasteiger charge is -2.38. The van der Waals surface area contributed by atoms with Crippen molar-refractivity contribution in [2.45, 2.75) is 44.2 Å². The molecule has 4 rings (SSSR count). The normalized spacial score (nSPS) is 20.0. The molecule has 0 bridgehead atoms. The molecule has 1 heterocycles. The van der Waals surface area contributed by atoms with E-state index >= 15 is 0 Å². The number of nitrogens with one attached hydrogen (secondary N) is 1. The topological polar surface area (TPSA) is 105 Å². The number of fused-ring (bicyclic) bond motifs is 3. The lowest BCUT2D eigenvalue weighted by atomic mass is 9.90. The van der Waals surface area contributed by atoms with Gasteiger partial charge in [0, 0.05) is 32.2 Å². The van der Waals surface area contributed by atoms with Crippen LogP contribution in [0.25, 0.3) is 11.1 Å². The fourth-order valence-corrected chi connectivity index (χ4v) is 5.22. The van der Waals surface area contributed by atoms with Crippen LogP contribution in [0, 0.1) is 5.92 Å². The van der Waals surface area contributed by atoms with Crippen LogP contribution in [0.1, 0.15) is 43.2 Å². The molecular formula is C27H32N2O6. The minimum absolute atomic E-state index is 0.0317. The highest BCUT2D eigenvalue weighted by molar-refractivity contribution is 5.80.